The number of hydrogen-bond donors (Lipinski definition) is 0. The molecule has 0 fully saturated rings. The Bertz CT molecular complexity index is 351. The normalized spacial score (nSPS) is 10.0. The Morgan fingerprint density at radius 2 is 1.47 bits per heavy atom. The molecule has 2 aromatic rings. The van der Waals surface area contributed by atoms with Crippen LogP contribution >= 0.6 is 0 Å². The fourth-order valence-electron chi connectivity index (χ4n) is 2.09. The molecule has 112 valence electrons. The molecule has 0 aliphatic carbocycles. The van der Waals surface area contributed by atoms with Crippen LogP contribution in [0.15, 0.2) is 48.5 Å². The second-order valence-corrected chi connectivity index (χ2v) is 5.73. The number of hydrogen-bond acceptors (Lipinski definition) is 0. The van der Waals surface area contributed by atoms with Gasteiger partial charge < -0.3 is 30.3 Å². The van der Waals surface area contributed by atoms with Crippen LogP contribution in [0.1, 0.15) is 38.8 Å². The van der Waals surface area contributed by atoms with Gasteiger partial charge in [0.15, 0.2) is 0 Å². The van der Waals surface area contributed by atoms with Crippen LogP contribution in [0.4, 0.5) is 0 Å². The third kappa shape index (κ3) is 8.08. The molecule has 0 unspecified atom stereocenters. The van der Waals surface area contributed by atoms with Gasteiger partial charge in [0.25, 0.3) is 0 Å². The third-order valence-corrected chi connectivity index (χ3v) is 2.82. The summed E-state index contributed by atoms with van der Waals surface area (Å²) >= 11 is 0. The largest absolute Gasteiger partial charge is 0.748 e. The monoisotopic (exact) mass is 298 g/mol. The molecule has 0 aromatic heterocycles. The first-order valence-corrected chi connectivity index (χ1v) is 6.99. The first kappa shape index (κ1) is 18.2. The molecule has 2 rings (SSSR count). The van der Waals surface area contributed by atoms with Crippen molar-refractivity contribution < 1.29 is 17.1 Å². The van der Waals surface area contributed by atoms with Crippen molar-refractivity contribution in [2.24, 2.45) is 11.8 Å². The SMILES string of the molecule is CC(C)Cc1ccc[c-]1CC(C)C.[Fe].[cH-]1[cH-][cH-][cH-][cH-]1. The molecule has 2 aromatic carbocycles. The molecule has 0 heterocycles. The number of rotatable bonds is 4. The summed E-state index contributed by atoms with van der Waals surface area (Å²) in [7, 11) is 0. The van der Waals surface area contributed by atoms with Gasteiger partial charge in [-0.15, -0.1) is 0 Å². The summed E-state index contributed by atoms with van der Waals surface area (Å²) in [5.41, 5.74) is 3.12. The summed E-state index contributed by atoms with van der Waals surface area (Å²) < 4.78 is 0. The van der Waals surface area contributed by atoms with Crippen molar-refractivity contribution in [3.8, 4) is 0 Å². The van der Waals surface area contributed by atoms with E-state index in [4.69, 9.17) is 0 Å². The van der Waals surface area contributed by atoms with Gasteiger partial charge in [-0.2, -0.15) is 17.2 Å². The second kappa shape index (κ2) is 10.1. The molecule has 0 atom stereocenters. The van der Waals surface area contributed by atoms with Gasteiger partial charge in [0, 0.05) is 17.1 Å². The summed E-state index contributed by atoms with van der Waals surface area (Å²) in [6, 6.07) is 16.7. The van der Waals surface area contributed by atoms with E-state index in [-0.39, 0.29) is 17.1 Å². The van der Waals surface area contributed by atoms with Crippen molar-refractivity contribution in [2.45, 2.75) is 40.5 Å². The van der Waals surface area contributed by atoms with Crippen LogP contribution in [0.25, 0.3) is 0 Å². The molecule has 0 saturated carbocycles. The van der Waals surface area contributed by atoms with Crippen LogP contribution in [0.3, 0.4) is 0 Å². The van der Waals surface area contributed by atoms with Gasteiger partial charge in [0.05, 0.1) is 0 Å². The van der Waals surface area contributed by atoms with Crippen LogP contribution in [-0.2, 0) is 29.9 Å². The van der Waals surface area contributed by atoms with Crippen LogP contribution < -0.4 is 0 Å². The van der Waals surface area contributed by atoms with Gasteiger partial charge in [0.1, 0.15) is 0 Å². The predicted molar refractivity (Wildman–Crippen MR) is 81.2 cm³/mol. The Balaban J connectivity index is 0.000000454. The van der Waals surface area contributed by atoms with Gasteiger partial charge in [-0.3, -0.25) is 0 Å². The van der Waals surface area contributed by atoms with E-state index in [1.807, 2.05) is 30.3 Å². The molecule has 19 heavy (non-hydrogen) atoms. The van der Waals surface area contributed by atoms with Gasteiger partial charge in [-0.05, 0) is 12.3 Å². The fourth-order valence-corrected chi connectivity index (χ4v) is 2.09. The third-order valence-electron chi connectivity index (χ3n) is 2.82. The van der Waals surface area contributed by atoms with E-state index in [0.717, 1.165) is 11.8 Å². The Morgan fingerprint density at radius 3 is 1.89 bits per heavy atom. The standard InChI is InChI=1S/C13H21.C5H5.Fe/c1-10(2)8-12-6-5-7-13(12)9-11(3)4;1-2-4-5-3-1;/h5-7,10-11H,8-9H2,1-4H3;1-5H;/q-1;-5;. The van der Waals surface area contributed by atoms with Crippen LogP contribution in [0, 0.1) is 11.8 Å². The Labute approximate surface area is 129 Å². The van der Waals surface area contributed by atoms with Gasteiger partial charge in [-0.25, -0.2) is 12.1 Å². The van der Waals surface area contributed by atoms with E-state index < -0.39 is 0 Å². The van der Waals surface area contributed by atoms with Crippen LogP contribution in [-0.4, -0.2) is 0 Å². The predicted octanol–water partition coefficient (Wildman–Crippen LogP) is 5.21. The maximum Gasteiger partial charge on any atom is 0 e. The maximum absolute atomic E-state index is 2.28. The van der Waals surface area contributed by atoms with Gasteiger partial charge >= 0.3 is 0 Å². The smallest absolute Gasteiger partial charge is 0 e. The average Bonchev–Trinajstić information content (AvgIpc) is 2.92. The minimum Gasteiger partial charge on any atom is -0.748 e. The quantitative estimate of drug-likeness (QED) is 0.537. The molecule has 0 aliphatic heterocycles. The molecule has 0 radical (unpaired) electrons. The Kier molecular flexibility index (Phi) is 9.65. The molecular weight excluding hydrogens is 272 g/mol. The van der Waals surface area contributed by atoms with E-state index in [0.29, 0.717) is 0 Å². The average molecular weight is 298 g/mol. The first-order chi connectivity index (χ1) is 8.59. The molecular formula is C18H26Fe-6. The van der Waals surface area contributed by atoms with Crippen LogP contribution in [0.5, 0.6) is 0 Å². The molecule has 0 aliphatic rings. The second-order valence-electron chi connectivity index (χ2n) is 5.73. The molecule has 0 bridgehead atoms. The van der Waals surface area contributed by atoms with E-state index >= 15 is 0 Å². The summed E-state index contributed by atoms with van der Waals surface area (Å²) in [6.07, 6.45) is 2.46. The summed E-state index contributed by atoms with van der Waals surface area (Å²) in [5.74, 6) is 1.54. The van der Waals surface area contributed by atoms with Crippen molar-refractivity contribution in [3.63, 3.8) is 0 Å². The maximum atomic E-state index is 2.28. The first-order valence-electron chi connectivity index (χ1n) is 6.99. The molecule has 0 nitrogen and oxygen atoms in total. The summed E-state index contributed by atoms with van der Waals surface area (Å²) in [4.78, 5) is 0. The molecule has 0 spiro atoms. The molecule has 1 heteroatoms. The minimum atomic E-state index is 0. The minimum absolute atomic E-state index is 0. The zero-order valence-corrected chi connectivity index (χ0v) is 13.6. The van der Waals surface area contributed by atoms with Crippen molar-refractivity contribution in [1.29, 1.82) is 0 Å². The Hall–Kier alpha value is -0.781. The van der Waals surface area contributed by atoms with Crippen molar-refractivity contribution in [3.05, 3.63) is 59.7 Å². The van der Waals surface area contributed by atoms with Gasteiger partial charge in [0.2, 0.25) is 0 Å². The summed E-state index contributed by atoms with van der Waals surface area (Å²) in [6.45, 7) is 9.14. The van der Waals surface area contributed by atoms with Crippen molar-refractivity contribution >= 4 is 0 Å². The summed E-state index contributed by atoms with van der Waals surface area (Å²) in [5, 5.41) is 0. The fraction of sp³-hybridized carbons (Fsp3) is 0.444. The van der Waals surface area contributed by atoms with E-state index in [2.05, 4.69) is 45.9 Å². The van der Waals surface area contributed by atoms with E-state index in [9.17, 15) is 0 Å². The van der Waals surface area contributed by atoms with Crippen molar-refractivity contribution in [2.75, 3.05) is 0 Å². The zero-order valence-electron chi connectivity index (χ0n) is 12.5. The van der Waals surface area contributed by atoms with E-state index in [1.54, 1.807) is 11.1 Å². The van der Waals surface area contributed by atoms with E-state index in [1.165, 1.54) is 12.8 Å². The van der Waals surface area contributed by atoms with Crippen LogP contribution in [0.2, 0.25) is 0 Å². The van der Waals surface area contributed by atoms with Gasteiger partial charge in [-0.1, -0.05) is 40.0 Å². The Morgan fingerprint density at radius 1 is 0.947 bits per heavy atom. The molecule has 0 N–H and O–H groups in total. The zero-order chi connectivity index (χ0) is 13.4. The molecule has 0 amide bonds. The van der Waals surface area contributed by atoms with Crippen molar-refractivity contribution in [1.82, 2.24) is 0 Å². The topological polar surface area (TPSA) is 0 Å². The molecule has 0 saturated heterocycles.